The van der Waals surface area contributed by atoms with E-state index in [4.69, 9.17) is 9.47 Å². The summed E-state index contributed by atoms with van der Waals surface area (Å²) in [6.45, 7) is 8.64. The van der Waals surface area contributed by atoms with Gasteiger partial charge < -0.3 is 9.47 Å². The van der Waals surface area contributed by atoms with Gasteiger partial charge in [0.15, 0.2) is 0 Å². The van der Waals surface area contributed by atoms with Gasteiger partial charge in [-0.3, -0.25) is 19.7 Å². The Bertz CT molecular complexity index is 578. The third-order valence-corrected chi connectivity index (χ3v) is 2.79. The van der Waals surface area contributed by atoms with Crippen LogP contribution in [-0.4, -0.2) is 36.9 Å². The molecule has 0 bridgehead atoms. The lowest BCUT2D eigenvalue weighted by molar-refractivity contribution is -0.153. The SMILES string of the molecule is Cc1cc(C=O)cc(C)c1OC(=O)CNCC(=O)OC(C)(C)C. The first-order valence-electron chi connectivity index (χ1n) is 7.32. The average Bonchev–Trinajstić information content (AvgIpc) is 2.40. The van der Waals surface area contributed by atoms with Crippen molar-refractivity contribution in [1.29, 1.82) is 0 Å². The molecule has 0 heterocycles. The quantitative estimate of drug-likeness (QED) is 0.490. The van der Waals surface area contributed by atoms with Crippen molar-refractivity contribution < 1.29 is 23.9 Å². The third-order valence-electron chi connectivity index (χ3n) is 2.79. The first-order chi connectivity index (χ1) is 10.6. The summed E-state index contributed by atoms with van der Waals surface area (Å²) in [6, 6.07) is 3.30. The molecule has 0 aromatic heterocycles. The summed E-state index contributed by atoms with van der Waals surface area (Å²) in [4.78, 5) is 34.1. The highest BCUT2D eigenvalue weighted by molar-refractivity contribution is 5.79. The van der Waals surface area contributed by atoms with Crippen molar-refractivity contribution >= 4 is 18.2 Å². The number of nitrogens with one attached hydrogen (secondary N) is 1. The van der Waals surface area contributed by atoms with Crippen molar-refractivity contribution in [2.24, 2.45) is 0 Å². The topological polar surface area (TPSA) is 81.7 Å². The Labute approximate surface area is 136 Å². The fraction of sp³-hybridized carbons (Fsp3) is 0.471. The number of carbonyl (C=O) groups excluding carboxylic acids is 3. The van der Waals surface area contributed by atoms with Gasteiger partial charge in [-0.25, -0.2) is 0 Å². The Morgan fingerprint density at radius 2 is 1.61 bits per heavy atom. The summed E-state index contributed by atoms with van der Waals surface area (Å²) in [5.74, 6) is -0.522. The standard InChI is InChI=1S/C17H23NO5/c1-11-6-13(10-19)7-12(2)16(11)22-14(20)8-18-9-15(21)23-17(3,4)5/h6-7,10,18H,8-9H2,1-5H3. The van der Waals surface area contributed by atoms with E-state index in [2.05, 4.69) is 5.32 Å². The lowest BCUT2D eigenvalue weighted by atomic mass is 10.1. The van der Waals surface area contributed by atoms with Crippen LogP contribution in [-0.2, 0) is 14.3 Å². The molecule has 0 fully saturated rings. The van der Waals surface area contributed by atoms with Crippen molar-refractivity contribution in [2.45, 2.75) is 40.2 Å². The molecule has 6 heteroatoms. The zero-order valence-electron chi connectivity index (χ0n) is 14.2. The highest BCUT2D eigenvalue weighted by atomic mass is 16.6. The van der Waals surface area contributed by atoms with Crippen LogP contribution >= 0.6 is 0 Å². The van der Waals surface area contributed by atoms with Crippen molar-refractivity contribution in [2.75, 3.05) is 13.1 Å². The van der Waals surface area contributed by atoms with Crippen molar-refractivity contribution in [3.63, 3.8) is 0 Å². The maximum atomic E-state index is 11.8. The summed E-state index contributed by atoms with van der Waals surface area (Å²) < 4.78 is 10.4. The van der Waals surface area contributed by atoms with Gasteiger partial charge in [-0.15, -0.1) is 0 Å². The maximum absolute atomic E-state index is 11.8. The molecule has 1 aromatic rings. The van der Waals surface area contributed by atoms with Crippen LogP contribution in [0.3, 0.4) is 0 Å². The molecule has 0 atom stereocenters. The smallest absolute Gasteiger partial charge is 0.325 e. The van der Waals surface area contributed by atoms with E-state index in [9.17, 15) is 14.4 Å². The molecule has 0 radical (unpaired) electrons. The van der Waals surface area contributed by atoms with Crippen LogP contribution in [0.5, 0.6) is 5.75 Å². The zero-order chi connectivity index (χ0) is 17.6. The van der Waals surface area contributed by atoms with Crippen molar-refractivity contribution in [3.8, 4) is 5.75 Å². The van der Waals surface area contributed by atoms with Gasteiger partial charge in [0, 0.05) is 5.56 Å². The normalized spacial score (nSPS) is 11.0. The van der Waals surface area contributed by atoms with Crippen LogP contribution in [0.2, 0.25) is 0 Å². The van der Waals surface area contributed by atoms with Crippen LogP contribution in [0.15, 0.2) is 12.1 Å². The number of carbonyl (C=O) groups is 3. The number of rotatable bonds is 6. The van der Waals surface area contributed by atoms with Gasteiger partial charge in [-0.05, 0) is 57.9 Å². The fourth-order valence-corrected chi connectivity index (χ4v) is 2.01. The van der Waals surface area contributed by atoms with Gasteiger partial charge in [0.1, 0.15) is 17.6 Å². The molecule has 0 aliphatic carbocycles. The van der Waals surface area contributed by atoms with Crippen molar-refractivity contribution in [3.05, 3.63) is 28.8 Å². The molecule has 23 heavy (non-hydrogen) atoms. The highest BCUT2D eigenvalue weighted by Gasteiger charge is 2.16. The molecule has 126 valence electrons. The number of aldehydes is 1. The van der Waals surface area contributed by atoms with E-state index < -0.39 is 17.5 Å². The predicted octanol–water partition coefficient (Wildman–Crippen LogP) is 1.95. The largest absolute Gasteiger partial charge is 0.459 e. The van der Waals surface area contributed by atoms with Crippen LogP contribution < -0.4 is 10.1 Å². The van der Waals surface area contributed by atoms with Gasteiger partial charge >= 0.3 is 11.9 Å². The minimum atomic E-state index is -0.562. The predicted molar refractivity (Wildman–Crippen MR) is 85.7 cm³/mol. The summed E-state index contributed by atoms with van der Waals surface area (Å²) in [5, 5.41) is 2.68. The number of hydrogen-bond donors (Lipinski definition) is 1. The number of ether oxygens (including phenoxy) is 2. The Balaban J connectivity index is 2.52. The lowest BCUT2D eigenvalue weighted by Gasteiger charge is -2.19. The van der Waals surface area contributed by atoms with Crippen LogP contribution in [0, 0.1) is 13.8 Å². The van der Waals surface area contributed by atoms with E-state index in [-0.39, 0.29) is 13.1 Å². The minimum absolute atomic E-state index is 0.0750. The molecule has 6 nitrogen and oxygen atoms in total. The van der Waals surface area contributed by atoms with Gasteiger partial charge in [0.2, 0.25) is 0 Å². The fourth-order valence-electron chi connectivity index (χ4n) is 2.01. The van der Waals surface area contributed by atoms with E-state index in [0.717, 1.165) is 6.29 Å². The molecule has 0 aliphatic heterocycles. The summed E-state index contributed by atoms with van der Waals surface area (Å²) >= 11 is 0. The van der Waals surface area contributed by atoms with Gasteiger partial charge in [0.05, 0.1) is 13.1 Å². The average molecular weight is 321 g/mol. The summed E-state index contributed by atoms with van der Waals surface area (Å²) in [5.41, 5.74) is 1.37. The Morgan fingerprint density at radius 1 is 1.09 bits per heavy atom. The number of aryl methyl sites for hydroxylation is 2. The Morgan fingerprint density at radius 3 is 2.09 bits per heavy atom. The number of esters is 2. The molecular weight excluding hydrogens is 298 g/mol. The first kappa shape index (κ1) is 18.8. The van der Waals surface area contributed by atoms with E-state index in [1.165, 1.54) is 0 Å². The van der Waals surface area contributed by atoms with E-state index in [1.807, 2.05) is 0 Å². The molecule has 1 N–H and O–H groups in total. The van der Waals surface area contributed by atoms with E-state index in [1.54, 1.807) is 46.8 Å². The number of benzene rings is 1. The van der Waals surface area contributed by atoms with Crippen LogP contribution in [0.1, 0.15) is 42.3 Å². The second kappa shape index (κ2) is 7.87. The maximum Gasteiger partial charge on any atom is 0.325 e. The second-order valence-corrected chi connectivity index (χ2v) is 6.27. The molecule has 0 aliphatic rings. The van der Waals surface area contributed by atoms with E-state index >= 15 is 0 Å². The van der Waals surface area contributed by atoms with E-state index in [0.29, 0.717) is 22.4 Å². The van der Waals surface area contributed by atoms with Crippen LogP contribution in [0.25, 0.3) is 0 Å². The summed E-state index contributed by atoms with van der Waals surface area (Å²) in [7, 11) is 0. The number of hydrogen-bond acceptors (Lipinski definition) is 6. The van der Waals surface area contributed by atoms with Gasteiger partial charge in [-0.2, -0.15) is 0 Å². The molecule has 1 aromatic carbocycles. The van der Waals surface area contributed by atoms with Crippen molar-refractivity contribution in [1.82, 2.24) is 5.32 Å². The highest BCUT2D eigenvalue weighted by Crippen LogP contribution is 2.24. The molecule has 0 saturated carbocycles. The molecule has 0 spiro atoms. The summed E-state index contributed by atoms with van der Waals surface area (Å²) in [6.07, 6.45) is 0.744. The monoisotopic (exact) mass is 321 g/mol. The van der Waals surface area contributed by atoms with Gasteiger partial charge in [-0.1, -0.05) is 0 Å². The molecular formula is C17H23NO5. The minimum Gasteiger partial charge on any atom is -0.459 e. The Kier molecular flexibility index (Phi) is 6.45. The van der Waals surface area contributed by atoms with Crippen LogP contribution in [0.4, 0.5) is 0 Å². The molecule has 0 saturated heterocycles. The molecule has 0 unspecified atom stereocenters. The van der Waals surface area contributed by atoms with Gasteiger partial charge in [0.25, 0.3) is 0 Å². The third kappa shape index (κ3) is 6.61. The molecule has 0 amide bonds. The second-order valence-electron chi connectivity index (χ2n) is 6.27. The lowest BCUT2D eigenvalue weighted by Crippen LogP contribution is -2.35. The first-order valence-corrected chi connectivity index (χ1v) is 7.32. The molecule has 1 rings (SSSR count). The Hall–Kier alpha value is -2.21. The zero-order valence-corrected chi connectivity index (χ0v) is 14.2.